The van der Waals surface area contributed by atoms with Gasteiger partial charge in [-0.2, -0.15) is 0 Å². The fraction of sp³-hybridized carbons (Fsp3) is 0.889. The Kier molecular flexibility index (Phi) is 5.68. The van der Waals surface area contributed by atoms with Crippen LogP contribution in [-0.4, -0.2) is 39.1 Å². The van der Waals surface area contributed by atoms with Crippen LogP contribution < -0.4 is 5.73 Å². The molecule has 5 heteroatoms. The minimum atomic E-state index is -1.48. The summed E-state index contributed by atoms with van der Waals surface area (Å²) in [7, 11) is 4.01. The van der Waals surface area contributed by atoms with Gasteiger partial charge >= 0.3 is 5.97 Å². The molecule has 0 spiro atoms. The number of methoxy groups -OCH3 is 3. The predicted octanol–water partition coefficient (Wildman–Crippen LogP) is 0.276. The maximum atomic E-state index is 11.5. The van der Waals surface area contributed by atoms with E-state index in [-0.39, 0.29) is 0 Å². The summed E-state index contributed by atoms with van der Waals surface area (Å²) in [6.45, 7) is 1.97. The smallest absolute Gasteiger partial charge is 0.368 e. The van der Waals surface area contributed by atoms with E-state index in [0.717, 1.165) is 6.42 Å². The van der Waals surface area contributed by atoms with Crippen LogP contribution in [0.5, 0.6) is 0 Å². The first kappa shape index (κ1) is 13.4. The SMILES string of the molecule is CCC[C@H](N)C(OC)(OC)C(=O)OC. The van der Waals surface area contributed by atoms with Crippen LogP contribution >= 0.6 is 0 Å². The Labute approximate surface area is 84.5 Å². The number of carbonyl (C=O) groups excluding carboxylic acids is 1. The molecule has 0 fully saturated rings. The number of nitrogens with two attached hydrogens (primary N) is 1. The summed E-state index contributed by atoms with van der Waals surface area (Å²) in [5.74, 6) is -2.09. The third-order valence-electron chi connectivity index (χ3n) is 2.16. The molecule has 0 aliphatic carbocycles. The van der Waals surface area contributed by atoms with Gasteiger partial charge in [0.25, 0.3) is 5.79 Å². The van der Waals surface area contributed by atoms with E-state index in [1.165, 1.54) is 21.3 Å². The number of hydrogen-bond acceptors (Lipinski definition) is 5. The van der Waals surface area contributed by atoms with Gasteiger partial charge < -0.3 is 19.9 Å². The van der Waals surface area contributed by atoms with Crippen LogP contribution in [0, 0.1) is 0 Å². The van der Waals surface area contributed by atoms with Crippen LogP contribution in [0.25, 0.3) is 0 Å². The molecule has 0 aliphatic heterocycles. The van der Waals surface area contributed by atoms with Crippen molar-refractivity contribution in [1.82, 2.24) is 0 Å². The van der Waals surface area contributed by atoms with Crippen LogP contribution in [0.4, 0.5) is 0 Å². The Morgan fingerprint density at radius 2 is 1.86 bits per heavy atom. The highest BCUT2D eigenvalue weighted by Gasteiger charge is 2.46. The molecule has 0 unspecified atom stereocenters. The van der Waals surface area contributed by atoms with Gasteiger partial charge in [0, 0.05) is 14.2 Å². The molecule has 2 N–H and O–H groups in total. The lowest BCUT2D eigenvalue weighted by Gasteiger charge is -2.32. The summed E-state index contributed by atoms with van der Waals surface area (Å²) in [5.41, 5.74) is 5.81. The second kappa shape index (κ2) is 5.95. The Morgan fingerprint density at radius 3 is 2.14 bits per heavy atom. The third-order valence-corrected chi connectivity index (χ3v) is 2.16. The summed E-state index contributed by atoms with van der Waals surface area (Å²) in [6.07, 6.45) is 1.46. The van der Waals surface area contributed by atoms with Crippen molar-refractivity contribution in [3.8, 4) is 0 Å². The molecule has 0 bridgehead atoms. The molecule has 0 rings (SSSR count). The quantitative estimate of drug-likeness (QED) is 0.498. The summed E-state index contributed by atoms with van der Waals surface area (Å²) >= 11 is 0. The van der Waals surface area contributed by atoms with Crippen LogP contribution in [0.2, 0.25) is 0 Å². The number of hydrogen-bond donors (Lipinski definition) is 1. The molecule has 0 aromatic heterocycles. The molecule has 0 aromatic rings. The second-order valence-corrected chi connectivity index (χ2v) is 2.96. The van der Waals surface area contributed by atoms with E-state index in [1.54, 1.807) is 0 Å². The maximum Gasteiger partial charge on any atom is 0.368 e. The number of rotatable bonds is 6. The van der Waals surface area contributed by atoms with Crippen LogP contribution in [0.15, 0.2) is 0 Å². The molecule has 0 saturated heterocycles. The Morgan fingerprint density at radius 1 is 1.36 bits per heavy atom. The first-order valence-electron chi connectivity index (χ1n) is 4.53. The maximum absolute atomic E-state index is 11.5. The zero-order valence-electron chi connectivity index (χ0n) is 9.20. The van der Waals surface area contributed by atoms with Crippen molar-refractivity contribution >= 4 is 5.97 Å². The van der Waals surface area contributed by atoms with Gasteiger partial charge in [-0.15, -0.1) is 0 Å². The van der Waals surface area contributed by atoms with Crippen LogP contribution in [0.3, 0.4) is 0 Å². The standard InChI is InChI=1S/C9H19NO4/c1-5-6-7(10)9(13-3,14-4)8(11)12-2/h7H,5-6,10H2,1-4H3/t7-/m0/s1. The molecule has 0 aromatic carbocycles. The normalized spacial score (nSPS) is 13.8. The first-order valence-corrected chi connectivity index (χ1v) is 4.53. The van der Waals surface area contributed by atoms with Crippen LogP contribution in [0.1, 0.15) is 19.8 Å². The van der Waals surface area contributed by atoms with E-state index in [4.69, 9.17) is 15.2 Å². The minimum absolute atomic E-state index is 0.532. The molecular formula is C9H19NO4. The van der Waals surface area contributed by atoms with Crippen LogP contribution in [-0.2, 0) is 19.0 Å². The lowest BCUT2D eigenvalue weighted by molar-refractivity contribution is -0.236. The van der Waals surface area contributed by atoms with Gasteiger partial charge in [-0.25, -0.2) is 4.79 Å². The van der Waals surface area contributed by atoms with Crippen molar-refractivity contribution in [3.05, 3.63) is 0 Å². The molecule has 0 saturated carbocycles. The summed E-state index contributed by atoms with van der Waals surface area (Å²) < 4.78 is 14.7. The van der Waals surface area contributed by atoms with Gasteiger partial charge in [0.05, 0.1) is 13.2 Å². The van der Waals surface area contributed by atoms with Gasteiger partial charge in [0.1, 0.15) is 0 Å². The lowest BCUT2D eigenvalue weighted by atomic mass is 10.0. The van der Waals surface area contributed by atoms with Gasteiger partial charge in [-0.3, -0.25) is 0 Å². The molecule has 14 heavy (non-hydrogen) atoms. The topological polar surface area (TPSA) is 70.8 Å². The molecule has 0 amide bonds. The van der Waals surface area contributed by atoms with E-state index >= 15 is 0 Å². The van der Waals surface area contributed by atoms with E-state index in [9.17, 15) is 4.79 Å². The zero-order valence-corrected chi connectivity index (χ0v) is 9.20. The Bertz CT molecular complexity index is 180. The third kappa shape index (κ3) is 2.43. The number of carbonyl (C=O) groups is 1. The molecule has 0 heterocycles. The van der Waals surface area contributed by atoms with Crippen molar-refractivity contribution in [2.75, 3.05) is 21.3 Å². The van der Waals surface area contributed by atoms with E-state index in [0.29, 0.717) is 6.42 Å². The molecule has 84 valence electrons. The fourth-order valence-electron chi connectivity index (χ4n) is 1.35. The largest absolute Gasteiger partial charge is 0.465 e. The van der Waals surface area contributed by atoms with Gasteiger partial charge in [0.2, 0.25) is 0 Å². The average molecular weight is 205 g/mol. The van der Waals surface area contributed by atoms with E-state index < -0.39 is 17.8 Å². The van der Waals surface area contributed by atoms with Gasteiger partial charge in [-0.1, -0.05) is 13.3 Å². The first-order chi connectivity index (χ1) is 6.58. The van der Waals surface area contributed by atoms with E-state index in [1.807, 2.05) is 6.92 Å². The molecule has 1 atom stereocenters. The van der Waals surface area contributed by atoms with Gasteiger partial charge in [0.15, 0.2) is 0 Å². The highest BCUT2D eigenvalue weighted by Crippen LogP contribution is 2.20. The molecule has 0 aliphatic rings. The summed E-state index contributed by atoms with van der Waals surface area (Å²) in [4.78, 5) is 11.5. The monoisotopic (exact) mass is 205 g/mol. The molecule has 5 nitrogen and oxygen atoms in total. The highest BCUT2D eigenvalue weighted by molar-refractivity contribution is 5.78. The number of esters is 1. The van der Waals surface area contributed by atoms with Crippen molar-refractivity contribution < 1.29 is 19.0 Å². The van der Waals surface area contributed by atoms with Crippen molar-refractivity contribution in [3.63, 3.8) is 0 Å². The average Bonchev–Trinajstić information content (AvgIpc) is 2.20. The Hall–Kier alpha value is -0.650. The number of ether oxygens (including phenoxy) is 3. The summed E-state index contributed by atoms with van der Waals surface area (Å²) in [6, 6.07) is -0.532. The van der Waals surface area contributed by atoms with Crippen molar-refractivity contribution in [1.29, 1.82) is 0 Å². The lowest BCUT2D eigenvalue weighted by Crippen LogP contribution is -2.57. The highest BCUT2D eigenvalue weighted by atomic mass is 16.7. The van der Waals surface area contributed by atoms with Gasteiger partial charge in [-0.05, 0) is 6.42 Å². The van der Waals surface area contributed by atoms with E-state index in [2.05, 4.69) is 4.74 Å². The second-order valence-electron chi connectivity index (χ2n) is 2.96. The fourth-order valence-corrected chi connectivity index (χ4v) is 1.35. The van der Waals surface area contributed by atoms with Crippen molar-refractivity contribution in [2.45, 2.75) is 31.6 Å². The predicted molar refractivity (Wildman–Crippen MR) is 51.6 cm³/mol. The minimum Gasteiger partial charge on any atom is -0.465 e. The summed E-state index contributed by atoms with van der Waals surface area (Å²) in [5, 5.41) is 0. The molecule has 0 radical (unpaired) electrons. The Balaban J connectivity index is 4.76. The molecular weight excluding hydrogens is 186 g/mol. The zero-order chi connectivity index (χ0) is 11.2. The van der Waals surface area contributed by atoms with Crippen molar-refractivity contribution in [2.24, 2.45) is 5.73 Å².